The summed E-state index contributed by atoms with van der Waals surface area (Å²) in [7, 11) is 0. The van der Waals surface area contributed by atoms with Crippen molar-refractivity contribution in [3.8, 4) is 62.4 Å². The van der Waals surface area contributed by atoms with Gasteiger partial charge in [0.05, 0.1) is 16.7 Å². The zero-order chi connectivity index (χ0) is 49.9. The number of ether oxygens (including phenoxy) is 2. The summed E-state index contributed by atoms with van der Waals surface area (Å²) in [6.07, 6.45) is 5.75. The molecular formula is C66H58N4O2Pt-2. The Morgan fingerprint density at radius 1 is 0.479 bits per heavy atom. The Kier molecular flexibility index (Phi) is 12.9. The van der Waals surface area contributed by atoms with Gasteiger partial charge < -0.3 is 18.6 Å². The van der Waals surface area contributed by atoms with Gasteiger partial charge in [-0.2, -0.15) is 18.2 Å². The average Bonchev–Trinajstić information content (AvgIpc) is 3.92. The van der Waals surface area contributed by atoms with E-state index in [4.69, 9.17) is 14.5 Å². The summed E-state index contributed by atoms with van der Waals surface area (Å²) >= 11 is 0. The number of aromatic nitrogens is 4. The van der Waals surface area contributed by atoms with E-state index in [1.807, 2.05) is 60.8 Å². The number of fused-ring (bicyclic) bond motifs is 4. The summed E-state index contributed by atoms with van der Waals surface area (Å²) in [6, 6.07) is 70.6. The normalized spacial score (nSPS) is 12.1. The standard InChI is InChI=1S/C66H58N4O2.Pt/c1-64(2,3)46-34-35-67-62(40-46)70-58-29-14-13-26-56(58)57-33-32-53(42-61(57)70)72-52-25-18-21-49(41-52)68-43-69(60-31-16-15-30-59(60)68)63-54(44-20-17-24-51(38-44)71-50-22-11-10-12-23-50)27-19-28-55(63)45-36-47(65(4,5)6)39-48(37-45)66(7,8)9;/h10-40H,1-9H3;/q-2;. The minimum absolute atomic E-state index is 0. The number of nitrogens with zero attached hydrogens (tertiary/aromatic N) is 4. The molecule has 0 bridgehead atoms. The number of benzene rings is 8. The first-order valence-corrected chi connectivity index (χ1v) is 24.8. The summed E-state index contributed by atoms with van der Waals surface area (Å²) in [6.45, 7) is 20.4. The summed E-state index contributed by atoms with van der Waals surface area (Å²) in [5.74, 6) is 3.51. The van der Waals surface area contributed by atoms with Crippen LogP contribution in [0.2, 0.25) is 0 Å². The van der Waals surface area contributed by atoms with Gasteiger partial charge >= 0.3 is 0 Å². The molecule has 73 heavy (non-hydrogen) atoms. The summed E-state index contributed by atoms with van der Waals surface area (Å²) < 4.78 is 19.6. The molecule has 0 spiro atoms. The van der Waals surface area contributed by atoms with Crippen LogP contribution in [0.3, 0.4) is 0 Å². The van der Waals surface area contributed by atoms with E-state index in [1.165, 1.54) is 16.7 Å². The van der Waals surface area contributed by atoms with Crippen molar-refractivity contribution in [3.63, 3.8) is 0 Å². The molecule has 0 fully saturated rings. The van der Waals surface area contributed by atoms with Crippen LogP contribution in [0.4, 0.5) is 0 Å². The van der Waals surface area contributed by atoms with Gasteiger partial charge in [0.1, 0.15) is 17.3 Å². The first kappa shape index (κ1) is 49.1. The Hall–Kier alpha value is -7.53. The van der Waals surface area contributed by atoms with Gasteiger partial charge in [0.2, 0.25) is 0 Å². The molecule has 0 saturated heterocycles. The van der Waals surface area contributed by atoms with E-state index < -0.39 is 0 Å². The van der Waals surface area contributed by atoms with Crippen molar-refractivity contribution in [2.24, 2.45) is 0 Å². The molecule has 8 aromatic carbocycles. The zero-order valence-corrected chi connectivity index (χ0v) is 45.1. The number of pyridine rings is 1. The third kappa shape index (κ3) is 9.65. The van der Waals surface area contributed by atoms with Gasteiger partial charge in [0.25, 0.3) is 6.33 Å². The minimum Gasteiger partial charge on any atom is -0.510 e. The maximum atomic E-state index is 6.71. The molecule has 3 heterocycles. The monoisotopic (exact) mass is 1130 g/mol. The largest absolute Gasteiger partial charge is 0.510 e. The quantitative estimate of drug-likeness (QED) is 0.107. The van der Waals surface area contributed by atoms with Gasteiger partial charge in [-0.25, -0.2) is 4.98 Å². The zero-order valence-electron chi connectivity index (χ0n) is 42.8. The number of imidazole rings is 1. The van der Waals surface area contributed by atoms with Crippen LogP contribution in [0.25, 0.3) is 72.3 Å². The summed E-state index contributed by atoms with van der Waals surface area (Å²) in [5.41, 5.74) is 13.6. The number of hydrogen-bond donors (Lipinski definition) is 0. The van der Waals surface area contributed by atoms with Crippen LogP contribution in [-0.4, -0.2) is 14.1 Å². The fourth-order valence-electron chi connectivity index (χ4n) is 9.58. The molecule has 0 unspecified atom stereocenters. The van der Waals surface area contributed by atoms with Crippen molar-refractivity contribution in [2.45, 2.75) is 78.6 Å². The van der Waals surface area contributed by atoms with Crippen LogP contribution in [0.5, 0.6) is 23.0 Å². The molecule has 0 atom stereocenters. The average molecular weight is 1130 g/mol. The van der Waals surface area contributed by atoms with Crippen LogP contribution in [0.1, 0.15) is 79.0 Å². The third-order valence-electron chi connectivity index (χ3n) is 13.5. The maximum Gasteiger partial charge on any atom is 0.268 e. The minimum atomic E-state index is -0.0771. The Labute approximate surface area is 443 Å². The first-order valence-electron chi connectivity index (χ1n) is 24.8. The fraction of sp³-hybridized carbons (Fsp3) is 0.182. The predicted molar refractivity (Wildman–Crippen MR) is 293 cm³/mol. The smallest absolute Gasteiger partial charge is 0.268 e. The molecule has 0 aliphatic heterocycles. The molecule has 0 N–H and O–H groups in total. The van der Waals surface area contributed by atoms with Crippen molar-refractivity contribution in [1.29, 1.82) is 0 Å². The van der Waals surface area contributed by atoms with E-state index in [0.717, 1.165) is 83.8 Å². The van der Waals surface area contributed by atoms with Gasteiger partial charge in [-0.1, -0.05) is 177 Å². The van der Waals surface area contributed by atoms with Crippen molar-refractivity contribution < 1.29 is 35.1 Å². The summed E-state index contributed by atoms with van der Waals surface area (Å²) in [5, 5.41) is 2.20. The van der Waals surface area contributed by atoms with E-state index in [-0.39, 0.29) is 37.3 Å². The second-order valence-corrected chi connectivity index (χ2v) is 21.8. The SMILES string of the molecule is CC(C)(C)c1cc(-c2cccc(-c3cccc(Oc4ccccc4)c3)c2-[n+]2[c-]n(-c3[c-]c(Oc4[c-]c5c(cc4)c4ccccc4n5-c4cc(C(C)(C)C)ccn4)ccc3)c3ccccc32)cc(C(C)(C)C)c1.[Pt]. The topological polar surface area (TPSA) is 45.1 Å². The molecule has 3 aromatic heterocycles. The second kappa shape index (κ2) is 19.1. The van der Waals surface area contributed by atoms with Gasteiger partial charge in [-0.05, 0) is 109 Å². The molecule has 0 amide bonds. The summed E-state index contributed by atoms with van der Waals surface area (Å²) in [4.78, 5) is 4.88. The number of para-hydroxylation sites is 5. The molecule has 11 aromatic rings. The van der Waals surface area contributed by atoms with Crippen LogP contribution in [0.15, 0.2) is 188 Å². The van der Waals surface area contributed by atoms with E-state index in [0.29, 0.717) is 11.5 Å². The van der Waals surface area contributed by atoms with Crippen LogP contribution in [-0.2, 0) is 37.3 Å². The number of hydrogen-bond acceptors (Lipinski definition) is 3. The molecule has 11 rings (SSSR count). The molecule has 0 radical (unpaired) electrons. The van der Waals surface area contributed by atoms with Crippen LogP contribution < -0.4 is 14.0 Å². The first-order chi connectivity index (χ1) is 34.6. The van der Waals surface area contributed by atoms with E-state index in [1.54, 1.807) is 0 Å². The Bertz CT molecular complexity index is 3790. The molecule has 6 nitrogen and oxygen atoms in total. The predicted octanol–water partition coefficient (Wildman–Crippen LogP) is 16.6. The number of rotatable bonds is 9. The Balaban J connectivity index is 0.00000611. The van der Waals surface area contributed by atoms with E-state index in [2.05, 4.69) is 222 Å². The van der Waals surface area contributed by atoms with Crippen molar-refractivity contribution in [3.05, 3.63) is 223 Å². The molecule has 0 aliphatic rings. The van der Waals surface area contributed by atoms with E-state index in [9.17, 15) is 0 Å². The molecule has 7 heteroatoms. The molecular weight excluding hydrogens is 1080 g/mol. The van der Waals surface area contributed by atoms with E-state index >= 15 is 0 Å². The van der Waals surface area contributed by atoms with Gasteiger partial charge in [0, 0.05) is 44.3 Å². The van der Waals surface area contributed by atoms with Gasteiger partial charge in [-0.3, -0.25) is 4.57 Å². The fourth-order valence-corrected chi connectivity index (χ4v) is 9.58. The molecule has 366 valence electrons. The molecule has 0 aliphatic carbocycles. The Morgan fingerprint density at radius 3 is 1.85 bits per heavy atom. The van der Waals surface area contributed by atoms with Crippen LogP contribution >= 0.6 is 0 Å². The Morgan fingerprint density at radius 2 is 1.11 bits per heavy atom. The maximum absolute atomic E-state index is 6.71. The van der Waals surface area contributed by atoms with Crippen molar-refractivity contribution in [2.75, 3.05) is 0 Å². The molecule has 0 saturated carbocycles. The van der Waals surface area contributed by atoms with Crippen molar-refractivity contribution >= 4 is 32.8 Å². The van der Waals surface area contributed by atoms with Crippen LogP contribution in [0, 0.1) is 18.5 Å². The van der Waals surface area contributed by atoms with Gasteiger partial charge in [-0.15, -0.1) is 29.7 Å². The van der Waals surface area contributed by atoms with Crippen molar-refractivity contribution in [1.82, 2.24) is 14.1 Å². The van der Waals surface area contributed by atoms with Gasteiger partial charge in [0.15, 0.2) is 0 Å². The third-order valence-corrected chi connectivity index (χ3v) is 13.5. The second-order valence-electron chi connectivity index (χ2n) is 21.8.